The van der Waals surface area contributed by atoms with Gasteiger partial charge in [-0.05, 0) is 0 Å². The van der Waals surface area contributed by atoms with Crippen molar-refractivity contribution in [2.45, 2.75) is 0 Å². The van der Waals surface area contributed by atoms with Crippen LogP contribution in [0.25, 0.3) is 0 Å². The maximum absolute atomic E-state index is 11.0. The Bertz CT molecular complexity index is 341. The summed E-state index contributed by atoms with van der Waals surface area (Å²) in [6, 6.07) is 0. The van der Waals surface area contributed by atoms with Gasteiger partial charge in [0, 0.05) is 13.1 Å². The average Bonchev–Trinajstić information content (AvgIpc) is 2.10. The van der Waals surface area contributed by atoms with Gasteiger partial charge in [-0.25, -0.2) is 13.1 Å². The van der Waals surface area contributed by atoms with Crippen LogP contribution in [-0.2, 0) is 19.6 Å². The number of amides is 1. The Kier molecular flexibility index (Phi) is 7.10. The van der Waals surface area contributed by atoms with Gasteiger partial charge in [0.1, 0.15) is 0 Å². The Hall–Kier alpha value is -0.800. The van der Waals surface area contributed by atoms with Crippen molar-refractivity contribution in [2.24, 2.45) is 0 Å². The SMILES string of the molecule is CS(=O)(=O)NCCNC(=O)CSCC(=O)O. The monoisotopic (exact) mass is 270 g/mol. The molecule has 0 bridgehead atoms. The molecule has 7 nitrogen and oxygen atoms in total. The van der Waals surface area contributed by atoms with Crippen LogP contribution < -0.4 is 10.0 Å². The summed E-state index contributed by atoms with van der Waals surface area (Å²) in [6.45, 7) is 0.299. The highest BCUT2D eigenvalue weighted by molar-refractivity contribution is 8.00. The summed E-state index contributed by atoms with van der Waals surface area (Å²) in [5.41, 5.74) is 0. The fraction of sp³-hybridized carbons (Fsp3) is 0.714. The fourth-order valence-electron chi connectivity index (χ4n) is 0.720. The van der Waals surface area contributed by atoms with Crippen molar-refractivity contribution in [3.63, 3.8) is 0 Å². The van der Waals surface area contributed by atoms with Gasteiger partial charge >= 0.3 is 5.97 Å². The van der Waals surface area contributed by atoms with Gasteiger partial charge in [0.05, 0.1) is 17.8 Å². The number of aliphatic carboxylic acids is 1. The lowest BCUT2D eigenvalue weighted by Crippen LogP contribution is -2.35. The van der Waals surface area contributed by atoms with Gasteiger partial charge in [-0.3, -0.25) is 9.59 Å². The first-order valence-corrected chi connectivity index (χ1v) is 7.37. The third-order valence-electron chi connectivity index (χ3n) is 1.27. The van der Waals surface area contributed by atoms with Crippen LogP contribution in [-0.4, -0.2) is 56.3 Å². The Morgan fingerprint density at radius 2 is 1.88 bits per heavy atom. The molecule has 0 saturated heterocycles. The highest BCUT2D eigenvalue weighted by atomic mass is 32.2. The summed E-state index contributed by atoms with van der Waals surface area (Å²) < 4.78 is 23.5. The predicted molar refractivity (Wildman–Crippen MR) is 60.8 cm³/mol. The summed E-state index contributed by atoms with van der Waals surface area (Å²) in [4.78, 5) is 21.2. The highest BCUT2D eigenvalue weighted by Gasteiger charge is 2.04. The van der Waals surface area contributed by atoms with Crippen LogP contribution in [0, 0.1) is 0 Å². The van der Waals surface area contributed by atoms with Gasteiger partial charge in [0.2, 0.25) is 15.9 Å². The molecular weight excluding hydrogens is 256 g/mol. The zero-order valence-electron chi connectivity index (χ0n) is 8.73. The summed E-state index contributed by atoms with van der Waals surface area (Å²) in [5.74, 6) is -1.38. The molecular formula is C7H14N2O5S2. The van der Waals surface area contributed by atoms with Gasteiger partial charge in [-0.1, -0.05) is 0 Å². The molecule has 0 aromatic carbocycles. The Labute approximate surface area is 98.0 Å². The molecule has 0 aromatic heterocycles. The summed E-state index contributed by atoms with van der Waals surface area (Å²) in [5, 5.41) is 10.8. The molecule has 0 aliphatic carbocycles. The van der Waals surface area contributed by atoms with Gasteiger partial charge in [0.15, 0.2) is 0 Å². The molecule has 0 rings (SSSR count). The zero-order chi connectivity index (χ0) is 12.6. The number of carbonyl (C=O) groups excluding carboxylic acids is 1. The third kappa shape index (κ3) is 11.3. The fourth-order valence-corrected chi connectivity index (χ4v) is 1.76. The van der Waals surface area contributed by atoms with Crippen LogP contribution in [0.2, 0.25) is 0 Å². The highest BCUT2D eigenvalue weighted by Crippen LogP contribution is 1.97. The van der Waals surface area contributed by atoms with Crippen molar-refractivity contribution < 1.29 is 23.1 Å². The van der Waals surface area contributed by atoms with E-state index in [4.69, 9.17) is 5.11 Å². The predicted octanol–water partition coefficient (Wildman–Crippen LogP) is -1.53. The number of hydrogen-bond donors (Lipinski definition) is 3. The maximum atomic E-state index is 11.0. The van der Waals surface area contributed by atoms with E-state index in [2.05, 4.69) is 10.0 Å². The van der Waals surface area contributed by atoms with Crippen LogP contribution in [0.15, 0.2) is 0 Å². The largest absolute Gasteiger partial charge is 0.481 e. The molecule has 3 N–H and O–H groups in total. The molecule has 0 atom stereocenters. The zero-order valence-corrected chi connectivity index (χ0v) is 10.4. The quantitative estimate of drug-likeness (QED) is 0.461. The number of rotatable bonds is 8. The topological polar surface area (TPSA) is 113 Å². The number of nitrogens with one attached hydrogen (secondary N) is 2. The molecule has 9 heteroatoms. The van der Waals surface area contributed by atoms with E-state index in [1.165, 1.54) is 0 Å². The lowest BCUT2D eigenvalue weighted by Gasteiger charge is -2.04. The molecule has 0 radical (unpaired) electrons. The number of carboxylic acids is 1. The standard InChI is InChI=1S/C7H14N2O5S2/c1-16(13,14)9-3-2-8-6(10)4-15-5-7(11)12/h9H,2-5H2,1H3,(H,8,10)(H,11,12). The first kappa shape index (κ1) is 15.2. The van der Waals surface area contributed by atoms with Crippen LogP contribution in [0.5, 0.6) is 0 Å². The molecule has 94 valence electrons. The summed E-state index contributed by atoms with van der Waals surface area (Å²) >= 11 is 0.983. The van der Waals surface area contributed by atoms with Crippen LogP contribution >= 0.6 is 11.8 Å². The summed E-state index contributed by atoms with van der Waals surface area (Å²) in [6.07, 6.45) is 1.03. The molecule has 0 heterocycles. The minimum Gasteiger partial charge on any atom is -0.481 e. The van der Waals surface area contributed by atoms with Crippen molar-refractivity contribution in [3.8, 4) is 0 Å². The van der Waals surface area contributed by atoms with Crippen LogP contribution in [0.3, 0.4) is 0 Å². The number of hydrogen-bond acceptors (Lipinski definition) is 5. The van der Waals surface area contributed by atoms with Crippen molar-refractivity contribution in [2.75, 3.05) is 30.9 Å². The Balaban J connectivity index is 3.48. The van der Waals surface area contributed by atoms with E-state index in [0.29, 0.717) is 0 Å². The molecule has 0 fully saturated rings. The molecule has 0 aliphatic heterocycles. The molecule has 0 aromatic rings. The van der Waals surface area contributed by atoms with E-state index < -0.39 is 16.0 Å². The van der Waals surface area contributed by atoms with Crippen molar-refractivity contribution in [3.05, 3.63) is 0 Å². The second-order valence-corrected chi connectivity index (χ2v) is 5.72. The second kappa shape index (κ2) is 7.47. The van der Waals surface area contributed by atoms with E-state index in [-0.39, 0.29) is 30.5 Å². The van der Waals surface area contributed by atoms with E-state index in [0.717, 1.165) is 18.0 Å². The number of carboxylic acid groups (broad SMARTS) is 1. The van der Waals surface area contributed by atoms with Gasteiger partial charge in [0.25, 0.3) is 0 Å². The van der Waals surface area contributed by atoms with E-state index >= 15 is 0 Å². The van der Waals surface area contributed by atoms with Crippen molar-refractivity contribution in [1.29, 1.82) is 0 Å². The average molecular weight is 270 g/mol. The Morgan fingerprint density at radius 1 is 1.25 bits per heavy atom. The molecule has 0 saturated carbocycles. The normalized spacial score (nSPS) is 11.1. The lowest BCUT2D eigenvalue weighted by atomic mass is 10.6. The minimum atomic E-state index is -3.23. The van der Waals surface area contributed by atoms with Crippen LogP contribution in [0.1, 0.15) is 0 Å². The number of carbonyl (C=O) groups is 2. The third-order valence-corrected chi connectivity index (χ3v) is 2.92. The molecule has 1 amide bonds. The van der Waals surface area contributed by atoms with Gasteiger partial charge in [-0.2, -0.15) is 0 Å². The van der Waals surface area contributed by atoms with E-state index in [1.807, 2.05) is 0 Å². The number of sulfonamides is 1. The van der Waals surface area contributed by atoms with Crippen molar-refractivity contribution >= 4 is 33.7 Å². The minimum absolute atomic E-state index is 0.0468. The van der Waals surface area contributed by atoms with Crippen LogP contribution in [0.4, 0.5) is 0 Å². The summed E-state index contributed by atoms with van der Waals surface area (Å²) in [7, 11) is -3.23. The van der Waals surface area contributed by atoms with Gasteiger partial charge in [-0.15, -0.1) is 11.8 Å². The first-order valence-electron chi connectivity index (χ1n) is 4.32. The molecule has 0 spiro atoms. The second-order valence-electron chi connectivity index (χ2n) is 2.90. The van der Waals surface area contributed by atoms with E-state index in [9.17, 15) is 18.0 Å². The molecule has 0 aliphatic rings. The van der Waals surface area contributed by atoms with E-state index in [1.54, 1.807) is 0 Å². The van der Waals surface area contributed by atoms with Gasteiger partial charge < -0.3 is 10.4 Å². The molecule has 0 unspecified atom stereocenters. The maximum Gasteiger partial charge on any atom is 0.313 e. The smallest absolute Gasteiger partial charge is 0.313 e. The first-order chi connectivity index (χ1) is 7.31. The molecule has 16 heavy (non-hydrogen) atoms. The lowest BCUT2D eigenvalue weighted by molar-refractivity contribution is -0.133. The Morgan fingerprint density at radius 3 is 2.38 bits per heavy atom. The number of thioether (sulfide) groups is 1. The van der Waals surface area contributed by atoms with Crippen molar-refractivity contribution in [1.82, 2.24) is 10.0 Å².